The van der Waals surface area contributed by atoms with Crippen molar-refractivity contribution < 1.29 is 9.13 Å². The monoisotopic (exact) mass is 406 g/mol. The minimum absolute atomic E-state index is 0.136. The van der Waals surface area contributed by atoms with Crippen LogP contribution in [0.15, 0.2) is 75.6 Å². The zero-order valence-electron chi connectivity index (χ0n) is 15.7. The van der Waals surface area contributed by atoms with E-state index in [1.54, 1.807) is 18.3 Å². The molecule has 0 amide bonds. The van der Waals surface area contributed by atoms with Crippen LogP contribution in [0.5, 0.6) is 5.75 Å². The molecule has 0 saturated carbocycles. The van der Waals surface area contributed by atoms with Crippen LogP contribution in [0.3, 0.4) is 0 Å². The van der Waals surface area contributed by atoms with Crippen LogP contribution in [0.1, 0.15) is 0 Å². The Bertz CT molecular complexity index is 1410. The maximum Gasteiger partial charge on any atom is 0.325 e. The van der Waals surface area contributed by atoms with Crippen LogP contribution in [0.4, 0.5) is 4.39 Å². The molecule has 0 saturated heterocycles. The number of hydrogen-bond acceptors (Lipinski definition) is 5. The summed E-state index contributed by atoms with van der Waals surface area (Å²) in [5.74, 6) is -0.339. The summed E-state index contributed by atoms with van der Waals surface area (Å²) in [5, 5.41) is 0. The summed E-state index contributed by atoms with van der Waals surface area (Å²) in [6.45, 7) is 0. The number of rotatable bonds is 4. The smallest absolute Gasteiger partial charge is 0.325 e. The van der Waals surface area contributed by atoms with Crippen LogP contribution in [0.2, 0.25) is 0 Å². The van der Waals surface area contributed by atoms with Gasteiger partial charge < -0.3 is 9.72 Å². The molecule has 3 heterocycles. The Morgan fingerprint density at radius 3 is 2.60 bits per heavy atom. The Morgan fingerprint density at radius 2 is 1.90 bits per heavy atom. The third-order valence-corrected chi connectivity index (χ3v) is 4.49. The van der Waals surface area contributed by atoms with Gasteiger partial charge in [-0.3, -0.25) is 24.1 Å². The first-order valence-electron chi connectivity index (χ1n) is 8.80. The molecule has 4 aromatic rings. The molecule has 0 aliphatic rings. The number of benzene rings is 1. The zero-order valence-corrected chi connectivity index (χ0v) is 15.7. The number of aromatic amines is 2. The molecule has 3 aromatic heterocycles. The fraction of sp³-hybridized carbons (Fsp3) is 0.0476. The summed E-state index contributed by atoms with van der Waals surface area (Å²) in [4.78, 5) is 45.5. The second kappa shape index (κ2) is 7.63. The molecule has 0 fully saturated rings. The van der Waals surface area contributed by atoms with Crippen molar-refractivity contribution in [3.05, 3.63) is 98.2 Å². The van der Waals surface area contributed by atoms with Crippen LogP contribution < -0.4 is 21.5 Å². The van der Waals surface area contributed by atoms with Crippen molar-refractivity contribution in [1.82, 2.24) is 19.5 Å². The molecule has 0 radical (unpaired) electrons. The molecule has 0 aliphatic carbocycles. The van der Waals surface area contributed by atoms with Gasteiger partial charge in [-0.05, 0) is 35.9 Å². The van der Waals surface area contributed by atoms with Gasteiger partial charge in [0.15, 0.2) is 0 Å². The number of pyridine rings is 2. The van der Waals surface area contributed by atoms with Crippen LogP contribution in [0.25, 0.3) is 27.9 Å². The van der Waals surface area contributed by atoms with Gasteiger partial charge in [-0.25, -0.2) is 9.18 Å². The highest BCUT2D eigenvalue weighted by molar-refractivity contribution is 5.72. The number of ether oxygens (including phenoxy) is 1. The number of methoxy groups -OCH3 is 1. The first-order chi connectivity index (χ1) is 14.5. The largest absolute Gasteiger partial charge is 0.497 e. The van der Waals surface area contributed by atoms with Crippen LogP contribution in [0, 0.1) is 5.82 Å². The van der Waals surface area contributed by atoms with Crippen molar-refractivity contribution in [1.29, 1.82) is 0 Å². The lowest BCUT2D eigenvalue weighted by Crippen LogP contribution is -2.24. The highest BCUT2D eigenvalue weighted by Gasteiger charge is 2.15. The first-order valence-corrected chi connectivity index (χ1v) is 8.80. The summed E-state index contributed by atoms with van der Waals surface area (Å²) in [5.41, 5.74) is -0.379. The van der Waals surface area contributed by atoms with Crippen LogP contribution in [-0.4, -0.2) is 26.6 Å². The highest BCUT2D eigenvalue weighted by atomic mass is 19.1. The summed E-state index contributed by atoms with van der Waals surface area (Å²) in [7, 11) is 1.39. The number of halogens is 1. The lowest BCUT2D eigenvalue weighted by molar-refractivity contribution is 0.411. The topological polar surface area (TPSA) is 110 Å². The van der Waals surface area contributed by atoms with E-state index in [2.05, 4.69) is 15.0 Å². The summed E-state index contributed by atoms with van der Waals surface area (Å²) < 4.78 is 20.5. The van der Waals surface area contributed by atoms with Crippen molar-refractivity contribution >= 4 is 0 Å². The van der Waals surface area contributed by atoms with Gasteiger partial charge in [0.1, 0.15) is 11.6 Å². The third kappa shape index (κ3) is 3.55. The second-order valence-corrected chi connectivity index (χ2v) is 6.39. The summed E-state index contributed by atoms with van der Waals surface area (Å²) in [6.07, 6.45) is 5.76. The Hall–Kier alpha value is -4.27. The predicted molar refractivity (Wildman–Crippen MR) is 108 cm³/mol. The maximum atomic E-state index is 14.1. The molecule has 4 rings (SSSR count). The van der Waals surface area contributed by atoms with Crippen molar-refractivity contribution in [2.24, 2.45) is 0 Å². The molecule has 150 valence electrons. The van der Waals surface area contributed by atoms with Gasteiger partial charge in [0, 0.05) is 35.8 Å². The molecule has 0 spiro atoms. The van der Waals surface area contributed by atoms with E-state index < -0.39 is 22.6 Å². The van der Waals surface area contributed by atoms with E-state index >= 15 is 0 Å². The minimum Gasteiger partial charge on any atom is -0.497 e. The molecule has 1 aromatic carbocycles. The van der Waals surface area contributed by atoms with E-state index in [9.17, 15) is 18.8 Å². The van der Waals surface area contributed by atoms with Gasteiger partial charge in [-0.15, -0.1) is 0 Å². The Kier molecular flexibility index (Phi) is 4.85. The Morgan fingerprint density at radius 1 is 1.07 bits per heavy atom. The summed E-state index contributed by atoms with van der Waals surface area (Å²) >= 11 is 0. The summed E-state index contributed by atoms with van der Waals surface area (Å²) in [6, 6.07) is 8.71. The van der Waals surface area contributed by atoms with E-state index in [4.69, 9.17) is 4.74 Å². The lowest BCUT2D eigenvalue weighted by Gasteiger charge is -2.12. The number of hydrogen-bond donors (Lipinski definition) is 2. The molecule has 0 bridgehead atoms. The molecule has 8 nitrogen and oxygen atoms in total. The van der Waals surface area contributed by atoms with Gasteiger partial charge in [-0.1, -0.05) is 0 Å². The second-order valence-electron chi connectivity index (χ2n) is 6.39. The quantitative estimate of drug-likeness (QED) is 0.539. The number of aromatic nitrogens is 4. The maximum absolute atomic E-state index is 14.1. The molecule has 2 N–H and O–H groups in total. The third-order valence-electron chi connectivity index (χ3n) is 4.49. The Labute approximate surface area is 168 Å². The highest BCUT2D eigenvalue weighted by Crippen LogP contribution is 2.26. The van der Waals surface area contributed by atoms with Gasteiger partial charge in [0.25, 0.3) is 11.1 Å². The molecule has 0 atom stereocenters. The van der Waals surface area contributed by atoms with Crippen molar-refractivity contribution in [3.8, 4) is 33.7 Å². The number of nitrogens with zero attached hydrogens (tertiary/aromatic N) is 2. The fourth-order valence-corrected chi connectivity index (χ4v) is 3.08. The molecule has 9 heteroatoms. The average molecular weight is 406 g/mol. The van der Waals surface area contributed by atoms with Gasteiger partial charge in [-0.2, -0.15) is 0 Å². The van der Waals surface area contributed by atoms with Gasteiger partial charge in [0.2, 0.25) is 0 Å². The molecular weight excluding hydrogens is 391 g/mol. The van der Waals surface area contributed by atoms with Gasteiger partial charge >= 0.3 is 5.69 Å². The van der Waals surface area contributed by atoms with Crippen molar-refractivity contribution in [3.63, 3.8) is 0 Å². The van der Waals surface area contributed by atoms with Crippen molar-refractivity contribution in [2.45, 2.75) is 0 Å². The normalized spacial score (nSPS) is 10.7. The number of nitrogens with one attached hydrogen (secondary N) is 2. The van der Waals surface area contributed by atoms with Gasteiger partial charge in [0.05, 0.1) is 24.6 Å². The fourth-order valence-electron chi connectivity index (χ4n) is 3.08. The van der Waals surface area contributed by atoms with E-state index in [-0.39, 0.29) is 22.4 Å². The molecule has 0 unspecified atom stereocenters. The predicted octanol–water partition coefficient (Wildman–Crippen LogP) is 2.09. The first kappa shape index (κ1) is 19.1. The van der Waals surface area contributed by atoms with E-state index in [1.165, 1.54) is 54.5 Å². The molecular formula is C21H15FN4O4. The van der Waals surface area contributed by atoms with Crippen molar-refractivity contribution in [2.75, 3.05) is 7.11 Å². The van der Waals surface area contributed by atoms with E-state index in [0.717, 1.165) is 0 Å². The Balaban J connectivity index is 2.05. The molecule has 0 aliphatic heterocycles. The van der Waals surface area contributed by atoms with E-state index in [0.29, 0.717) is 11.3 Å². The standard InChI is InChI=1S/C21H15FN4O4/c1-30-16-6-12(5-14(22)8-16)17-7-13(18-10-24-21(29)25-19(18)27)11-26(20(17)28)15-3-2-4-23-9-15/h2-11H,1H3,(H2,24,25,27,29). The van der Waals surface area contributed by atoms with Crippen LogP contribution in [-0.2, 0) is 0 Å². The average Bonchev–Trinajstić information content (AvgIpc) is 2.74. The number of H-pyrrole nitrogens is 2. The minimum atomic E-state index is -0.653. The van der Waals surface area contributed by atoms with Crippen LogP contribution >= 0.6 is 0 Å². The van der Waals surface area contributed by atoms with E-state index in [1.807, 2.05) is 0 Å². The molecule has 30 heavy (non-hydrogen) atoms. The lowest BCUT2D eigenvalue weighted by atomic mass is 10.0. The SMILES string of the molecule is COc1cc(F)cc(-c2cc(-c3c[nH]c(=O)[nH]c3=O)cn(-c3cccnc3)c2=O)c1. The zero-order chi connectivity index (χ0) is 21.3.